The van der Waals surface area contributed by atoms with Gasteiger partial charge in [-0.05, 0) is 116 Å². The summed E-state index contributed by atoms with van der Waals surface area (Å²) in [5.74, 6) is -0.921. The van der Waals surface area contributed by atoms with Crippen LogP contribution >= 0.6 is 0 Å². The van der Waals surface area contributed by atoms with Gasteiger partial charge in [0.1, 0.15) is 13.2 Å². The van der Waals surface area contributed by atoms with Crippen molar-refractivity contribution in [2.45, 2.75) is 316 Å². The van der Waals surface area contributed by atoms with Crippen molar-refractivity contribution in [1.82, 2.24) is 0 Å². The lowest BCUT2D eigenvalue weighted by atomic mass is 10.0. The van der Waals surface area contributed by atoms with Crippen molar-refractivity contribution in [3.05, 3.63) is 97.2 Å². The molecule has 0 saturated heterocycles. The lowest BCUT2D eigenvalue weighted by Gasteiger charge is -2.18. The summed E-state index contributed by atoms with van der Waals surface area (Å²) in [6.45, 7) is 6.47. The molecule has 0 N–H and O–H groups in total. The second-order valence-corrected chi connectivity index (χ2v) is 21.3. The molecule has 6 nitrogen and oxygen atoms in total. The molecule has 0 aliphatic heterocycles. The molecule has 1 unspecified atom stereocenters. The zero-order chi connectivity index (χ0) is 55.0. The second-order valence-electron chi connectivity index (χ2n) is 21.3. The van der Waals surface area contributed by atoms with Gasteiger partial charge < -0.3 is 14.2 Å². The van der Waals surface area contributed by atoms with E-state index in [2.05, 4.69) is 118 Å². The number of carbonyl (C=O) groups is 3. The fraction of sp³-hybridized carbons (Fsp3) is 0.729. The Hall–Kier alpha value is -3.67. The largest absolute Gasteiger partial charge is 0.462 e. The molecule has 0 aliphatic carbocycles. The summed E-state index contributed by atoms with van der Waals surface area (Å²) in [5, 5.41) is 0. The number of unbranched alkanes of at least 4 members (excludes halogenated alkanes) is 31. The van der Waals surface area contributed by atoms with E-state index in [1.807, 2.05) is 0 Å². The minimum atomic E-state index is -0.798. The van der Waals surface area contributed by atoms with Crippen molar-refractivity contribution in [3.63, 3.8) is 0 Å². The molecule has 436 valence electrons. The number of allylic oxidation sites excluding steroid dienone is 16. The number of ether oxygens (including phenoxy) is 3. The third-order valence-electron chi connectivity index (χ3n) is 13.8. The van der Waals surface area contributed by atoms with E-state index in [9.17, 15) is 14.4 Å². The van der Waals surface area contributed by atoms with Gasteiger partial charge in [-0.25, -0.2) is 0 Å². The van der Waals surface area contributed by atoms with Crippen LogP contribution in [0.4, 0.5) is 0 Å². The Balaban J connectivity index is 4.31. The van der Waals surface area contributed by atoms with Crippen molar-refractivity contribution in [2.24, 2.45) is 0 Å². The first kappa shape index (κ1) is 72.3. The van der Waals surface area contributed by atoms with Gasteiger partial charge in [0.2, 0.25) is 0 Å². The Morgan fingerprint density at radius 1 is 0.276 bits per heavy atom. The molecule has 0 aromatic carbocycles. The molecular formula is C70H120O6. The monoisotopic (exact) mass is 1060 g/mol. The topological polar surface area (TPSA) is 78.9 Å². The highest BCUT2D eigenvalue weighted by molar-refractivity contribution is 5.71. The summed E-state index contributed by atoms with van der Waals surface area (Å²) in [5.41, 5.74) is 0. The van der Waals surface area contributed by atoms with Crippen LogP contribution in [0.25, 0.3) is 0 Å². The van der Waals surface area contributed by atoms with Crippen molar-refractivity contribution >= 4 is 17.9 Å². The first-order valence-electron chi connectivity index (χ1n) is 32.2. The number of esters is 3. The Morgan fingerprint density at radius 2 is 0.526 bits per heavy atom. The van der Waals surface area contributed by atoms with Crippen LogP contribution in [-0.4, -0.2) is 37.2 Å². The van der Waals surface area contributed by atoms with Gasteiger partial charge in [-0.2, -0.15) is 0 Å². The standard InChI is InChI=1S/C70H120O6/c1-4-7-10-13-16-19-22-25-28-30-31-32-33-34-35-36-37-38-39-41-42-45-48-51-54-57-60-63-69(72)75-66-67(65-74-68(71)62-59-56-53-50-47-44-27-24-21-18-15-12-9-6-3)76-70(73)64-61-58-55-52-49-46-43-40-29-26-23-20-17-14-11-8-5-2/h8,11,15,17-18,20,22,24-27,29-31,43,46,67H,4-7,9-10,12-14,16,19,21,23,28,32-42,44-45,47-66H2,1-3H3/b11-8-,18-15-,20-17-,25-22-,27-24-,29-26-,31-30-,46-43-. The van der Waals surface area contributed by atoms with Gasteiger partial charge in [0.05, 0.1) is 0 Å². The molecule has 76 heavy (non-hydrogen) atoms. The highest BCUT2D eigenvalue weighted by Gasteiger charge is 2.19. The lowest BCUT2D eigenvalue weighted by Crippen LogP contribution is -2.30. The van der Waals surface area contributed by atoms with Crippen LogP contribution in [0.3, 0.4) is 0 Å². The summed E-state index contributed by atoms with van der Waals surface area (Å²) >= 11 is 0. The predicted octanol–water partition coefficient (Wildman–Crippen LogP) is 22.0. The Kier molecular flexibility index (Phi) is 60.8. The fourth-order valence-corrected chi connectivity index (χ4v) is 8.95. The van der Waals surface area contributed by atoms with E-state index >= 15 is 0 Å². The number of hydrogen-bond acceptors (Lipinski definition) is 6. The molecule has 0 saturated carbocycles. The van der Waals surface area contributed by atoms with Crippen LogP contribution in [0.15, 0.2) is 97.2 Å². The van der Waals surface area contributed by atoms with E-state index < -0.39 is 6.10 Å². The summed E-state index contributed by atoms with van der Waals surface area (Å²) in [6, 6.07) is 0. The van der Waals surface area contributed by atoms with Gasteiger partial charge in [0.15, 0.2) is 6.10 Å². The number of rotatable bonds is 58. The van der Waals surface area contributed by atoms with Crippen molar-refractivity contribution < 1.29 is 28.6 Å². The normalized spacial score (nSPS) is 12.7. The summed E-state index contributed by atoms with van der Waals surface area (Å²) in [4.78, 5) is 38.3. The summed E-state index contributed by atoms with van der Waals surface area (Å²) in [6.07, 6.45) is 85.6. The maximum Gasteiger partial charge on any atom is 0.306 e. The van der Waals surface area contributed by atoms with Gasteiger partial charge in [-0.1, -0.05) is 272 Å². The number of carbonyl (C=O) groups excluding carboxylic acids is 3. The van der Waals surface area contributed by atoms with E-state index in [4.69, 9.17) is 14.2 Å². The fourth-order valence-electron chi connectivity index (χ4n) is 8.95. The smallest absolute Gasteiger partial charge is 0.306 e. The quantitative estimate of drug-likeness (QED) is 0.0261. The first-order chi connectivity index (χ1) is 37.5. The van der Waals surface area contributed by atoms with Crippen LogP contribution in [0.5, 0.6) is 0 Å². The van der Waals surface area contributed by atoms with Gasteiger partial charge in [0.25, 0.3) is 0 Å². The highest BCUT2D eigenvalue weighted by atomic mass is 16.6. The molecule has 1 atom stereocenters. The SMILES string of the molecule is CC/C=C\C/C=C\C/C=C\C/C=C\CCCCCCC(=O)OC(COC(=O)CCCCCCC/C=C\C/C=C\CCCC)COC(=O)CCCCCCCCCCCCCCCCC/C=C\C/C=C\CCCCCCC. The predicted molar refractivity (Wildman–Crippen MR) is 330 cm³/mol. The molecule has 6 heteroatoms. The minimum Gasteiger partial charge on any atom is -0.462 e. The van der Waals surface area contributed by atoms with Gasteiger partial charge in [0, 0.05) is 19.3 Å². The van der Waals surface area contributed by atoms with Crippen LogP contribution in [0.1, 0.15) is 310 Å². The van der Waals surface area contributed by atoms with Gasteiger partial charge >= 0.3 is 17.9 Å². The molecule has 0 fully saturated rings. The average molecular weight is 1060 g/mol. The molecule has 0 amide bonds. The molecule has 0 aromatic rings. The van der Waals surface area contributed by atoms with Gasteiger partial charge in [-0.15, -0.1) is 0 Å². The van der Waals surface area contributed by atoms with E-state index in [0.29, 0.717) is 19.3 Å². The Morgan fingerprint density at radius 3 is 0.842 bits per heavy atom. The van der Waals surface area contributed by atoms with Gasteiger partial charge in [-0.3, -0.25) is 14.4 Å². The summed E-state index contributed by atoms with van der Waals surface area (Å²) < 4.78 is 16.9. The van der Waals surface area contributed by atoms with Crippen molar-refractivity contribution in [3.8, 4) is 0 Å². The molecule has 0 aromatic heterocycles. The lowest BCUT2D eigenvalue weighted by molar-refractivity contribution is -0.167. The molecule has 0 heterocycles. The molecular weight excluding hydrogens is 937 g/mol. The van der Waals surface area contributed by atoms with Crippen molar-refractivity contribution in [2.75, 3.05) is 13.2 Å². The van der Waals surface area contributed by atoms with Crippen LogP contribution in [0.2, 0.25) is 0 Å². The summed E-state index contributed by atoms with van der Waals surface area (Å²) in [7, 11) is 0. The van der Waals surface area contributed by atoms with Crippen molar-refractivity contribution in [1.29, 1.82) is 0 Å². The third kappa shape index (κ3) is 61.2. The van der Waals surface area contributed by atoms with Crippen LogP contribution in [-0.2, 0) is 28.6 Å². The van der Waals surface area contributed by atoms with E-state index in [1.54, 1.807) is 0 Å². The highest BCUT2D eigenvalue weighted by Crippen LogP contribution is 2.16. The maximum absolute atomic E-state index is 12.9. The third-order valence-corrected chi connectivity index (χ3v) is 13.8. The van der Waals surface area contributed by atoms with Crippen LogP contribution in [0, 0.1) is 0 Å². The Labute approximate surface area is 470 Å². The minimum absolute atomic E-state index is 0.0913. The van der Waals surface area contributed by atoms with E-state index in [1.165, 1.54) is 141 Å². The zero-order valence-electron chi connectivity index (χ0n) is 50.0. The maximum atomic E-state index is 12.9. The number of hydrogen-bond donors (Lipinski definition) is 0. The molecule has 0 bridgehead atoms. The molecule has 0 rings (SSSR count). The van der Waals surface area contributed by atoms with E-state index in [0.717, 1.165) is 128 Å². The molecule has 0 spiro atoms. The molecule has 0 radical (unpaired) electrons. The average Bonchev–Trinajstić information content (AvgIpc) is 3.42. The first-order valence-corrected chi connectivity index (χ1v) is 32.2. The molecule has 0 aliphatic rings. The van der Waals surface area contributed by atoms with Crippen LogP contribution < -0.4 is 0 Å². The van der Waals surface area contributed by atoms with E-state index in [-0.39, 0.29) is 31.1 Å². The second kappa shape index (κ2) is 63.9. The Bertz CT molecular complexity index is 1490. The zero-order valence-corrected chi connectivity index (χ0v) is 50.0.